The van der Waals surface area contributed by atoms with E-state index in [-0.39, 0.29) is 24.2 Å². The van der Waals surface area contributed by atoms with Gasteiger partial charge in [-0.3, -0.25) is 4.79 Å². The molecule has 0 fully saturated rings. The van der Waals surface area contributed by atoms with Gasteiger partial charge in [-0.25, -0.2) is 4.39 Å². The summed E-state index contributed by atoms with van der Waals surface area (Å²) in [5, 5.41) is 1.49. The van der Waals surface area contributed by atoms with Crippen LogP contribution in [0, 0.1) is 12.7 Å². The van der Waals surface area contributed by atoms with E-state index in [1.54, 1.807) is 13.0 Å². The summed E-state index contributed by atoms with van der Waals surface area (Å²) in [6, 6.07) is 12.3. The Balaban J connectivity index is 2.14. The largest absolute Gasteiger partial charge is 0.465 e. The molecule has 0 amide bonds. The van der Waals surface area contributed by atoms with Crippen molar-refractivity contribution in [2.75, 3.05) is 6.61 Å². The van der Waals surface area contributed by atoms with Gasteiger partial charge < -0.3 is 9.30 Å². The van der Waals surface area contributed by atoms with Crippen LogP contribution in [-0.2, 0) is 16.1 Å². The Morgan fingerprint density at radius 2 is 1.92 bits per heavy atom. The minimum atomic E-state index is -0.303. The van der Waals surface area contributed by atoms with E-state index in [4.69, 9.17) is 16.3 Å². The molecule has 3 rings (SSSR count). The highest BCUT2D eigenvalue weighted by molar-refractivity contribution is 6.30. The minimum Gasteiger partial charge on any atom is -0.465 e. The van der Waals surface area contributed by atoms with Crippen LogP contribution in [0.4, 0.5) is 4.39 Å². The fraction of sp³-hybridized carbons (Fsp3) is 0.286. The van der Waals surface area contributed by atoms with Gasteiger partial charge in [-0.05, 0) is 55.3 Å². The number of nitrogens with zero attached hydrogens (tertiary/aromatic N) is 1. The summed E-state index contributed by atoms with van der Waals surface area (Å²) in [4.78, 5) is 12.0. The lowest BCUT2D eigenvalue weighted by atomic mass is 9.91. The minimum absolute atomic E-state index is 0.0278. The number of ether oxygens (including phenoxy) is 1. The number of esters is 1. The second-order valence-electron chi connectivity index (χ2n) is 6.32. The monoisotopic (exact) mass is 373 g/mol. The van der Waals surface area contributed by atoms with Crippen molar-refractivity contribution in [3.8, 4) is 0 Å². The van der Waals surface area contributed by atoms with Crippen molar-refractivity contribution in [3.05, 3.63) is 70.1 Å². The molecule has 1 unspecified atom stereocenters. The highest BCUT2D eigenvalue weighted by atomic mass is 35.5. The average Bonchev–Trinajstić information content (AvgIpc) is 2.86. The van der Waals surface area contributed by atoms with E-state index in [1.807, 2.05) is 35.8 Å². The number of carbonyl (C=O) groups is 1. The number of halogens is 2. The molecular weight excluding hydrogens is 353 g/mol. The Bertz CT molecular complexity index is 947. The lowest BCUT2D eigenvalue weighted by Gasteiger charge is -2.14. The van der Waals surface area contributed by atoms with Crippen LogP contribution in [-0.4, -0.2) is 17.1 Å². The first-order valence-electron chi connectivity index (χ1n) is 8.61. The number of rotatable bonds is 5. The maximum absolute atomic E-state index is 13.9. The normalized spacial score (nSPS) is 12.3. The molecule has 1 heterocycles. The van der Waals surface area contributed by atoms with Gasteiger partial charge in [0.1, 0.15) is 12.4 Å². The molecule has 0 N–H and O–H groups in total. The molecule has 26 heavy (non-hydrogen) atoms. The van der Waals surface area contributed by atoms with Gasteiger partial charge in [0.15, 0.2) is 0 Å². The third-order valence-corrected chi connectivity index (χ3v) is 4.98. The molecule has 0 aliphatic rings. The molecule has 2 aromatic carbocycles. The van der Waals surface area contributed by atoms with Gasteiger partial charge in [0.25, 0.3) is 0 Å². The first-order valence-corrected chi connectivity index (χ1v) is 8.99. The summed E-state index contributed by atoms with van der Waals surface area (Å²) in [6.45, 7) is 6.25. The lowest BCUT2D eigenvalue weighted by molar-refractivity contribution is -0.143. The lowest BCUT2D eigenvalue weighted by Crippen LogP contribution is -2.14. The van der Waals surface area contributed by atoms with E-state index in [0.29, 0.717) is 11.6 Å². The van der Waals surface area contributed by atoms with E-state index in [1.165, 1.54) is 12.1 Å². The van der Waals surface area contributed by atoms with Crippen molar-refractivity contribution in [2.45, 2.75) is 33.2 Å². The Hall–Kier alpha value is -2.33. The fourth-order valence-corrected chi connectivity index (χ4v) is 3.61. The van der Waals surface area contributed by atoms with E-state index < -0.39 is 0 Å². The molecule has 0 aliphatic heterocycles. The van der Waals surface area contributed by atoms with Gasteiger partial charge in [-0.15, -0.1) is 0 Å². The highest BCUT2D eigenvalue weighted by Crippen LogP contribution is 2.36. The molecule has 3 aromatic rings. The second kappa shape index (κ2) is 7.50. The standard InChI is InChI=1S/C21H21ClFNO2/c1-4-26-20(25)12-24-14(3)21(18-11-17(23)9-10-19(18)24)13(2)15-5-7-16(22)8-6-15/h5-11,13H,4,12H2,1-3H3. The highest BCUT2D eigenvalue weighted by Gasteiger charge is 2.22. The number of benzene rings is 2. The number of hydrogen-bond acceptors (Lipinski definition) is 2. The number of fused-ring (bicyclic) bond motifs is 1. The molecule has 0 spiro atoms. The van der Waals surface area contributed by atoms with Crippen LogP contribution in [0.2, 0.25) is 5.02 Å². The first kappa shape index (κ1) is 18.5. The van der Waals surface area contributed by atoms with Crippen LogP contribution in [0.25, 0.3) is 10.9 Å². The van der Waals surface area contributed by atoms with Crippen LogP contribution in [0.3, 0.4) is 0 Å². The molecule has 3 nitrogen and oxygen atoms in total. The maximum Gasteiger partial charge on any atom is 0.325 e. The van der Waals surface area contributed by atoms with Gasteiger partial charge in [0.2, 0.25) is 0 Å². The van der Waals surface area contributed by atoms with Crippen LogP contribution in [0.15, 0.2) is 42.5 Å². The van der Waals surface area contributed by atoms with Crippen molar-refractivity contribution < 1.29 is 13.9 Å². The van der Waals surface area contributed by atoms with Crippen LogP contribution >= 0.6 is 11.6 Å². The van der Waals surface area contributed by atoms with Crippen molar-refractivity contribution in [3.63, 3.8) is 0 Å². The van der Waals surface area contributed by atoms with Gasteiger partial charge in [0.05, 0.1) is 6.61 Å². The predicted octanol–water partition coefficient (Wildman–Crippen LogP) is 5.46. The molecule has 5 heteroatoms. The summed E-state index contributed by atoms with van der Waals surface area (Å²) >= 11 is 6.00. The van der Waals surface area contributed by atoms with Crippen molar-refractivity contribution in [1.82, 2.24) is 4.57 Å². The quantitative estimate of drug-likeness (QED) is 0.556. The topological polar surface area (TPSA) is 31.2 Å². The zero-order valence-corrected chi connectivity index (χ0v) is 15.8. The molecule has 136 valence electrons. The molecule has 1 atom stereocenters. The summed E-state index contributed by atoms with van der Waals surface area (Å²) < 4.78 is 20.9. The van der Waals surface area contributed by atoms with E-state index in [2.05, 4.69) is 6.92 Å². The Morgan fingerprint density at radius 3 is 2.58 bits per heavy atom. The van der Waals surface area contributed by atoms with Gasteiger partial charge in [0, 0.05) is 27.5 Å². The molecule has 0 radical (unpaired) electrons. The van der Waals surface area contributed by atoms with Gasteiger partial charge in [-0.1, -0.05) is 30.7 Å². The van der Waals surface area contributed by atoms with E-state index in [9.17, 15) is 9.18 Å². The molecule has 0 saturated carbocycles. The van der Waals surface area contributed by atoms with Crippen molar-refractivity contribution in [2.24, 2.45) is 0 Å². The number of carbonyl (C=O) groups excluding carboxylic acids is 1. The molecule has 0 bridgehead atoms. The molecule has 0 aliphatic carbocycles. The van der Waals surface area contributed by atoms with Crippen LogP contribution in [0.5, 0.6) is 0 Å². The maximum atomic E-state index is 13.9. The Morgan fingerprint density at radius 1 is 1.23 bits per heavy atom. The SMILES string of the molecule is CCOC(=O)Cn1c(C)c(C(C)c2ccc(Cl)cc2)c2cc(F)ccc21. The summed E-state index contributed by atoms with van der Waals surface area (Å²) in [6.07, 6.45) is 0. The number of hydrogen-bond donors (Lipinski definition) is 0. The van der Waals surface area contributed by atoms with E-state index >= 15 is 0 Å². The fourth-order valence-electron chi connectivity index (χ4n) is 3.48. The van der Waals surface area contributed by atoms with Crippen molar-refractivity contribution in [1.29, 1.82) is 0 Å². The summed E-state index contributed by atoms with van der Waals surface area (Å²) in [5.41, 5.74) is 3.84. The van der Waals surface area contributed by atoms with Crippen LogP contribution in [0.1, 0.15) is 36.6 Å². The third-order valence-electron chi connectivity index (χ3n) is 4.73. The summed E-state index contributed by atoms with van der Waals surface area (Å²) in [7, 11) is 0. The summed E-state index contributed by atoms with van der Waals surface area (Å²) in [5.74, 6) is -0.571. The molecule has 0 saturated heterocycles. The average molecular weight is 374 g/mol. The molecular formula is C21H21ClFNO2. The van der Waals surface area contributed by atoms with Crippen molar-refractivity contribution >= 4 is 28.5 Å². The van der Waals surface area contributed by atoms with E-state index in [0.717, 1.165) is 27.7 Å². The molecule has 1 aromatic heterocycles. The Labute approximate surface area is 157 Å². The Kier molecular flexibility index (Phi) is 5.33. The number of aromatic nitrogens is 1. The first-order chi connectivity index (χ1) is 12.4. The third kappa shape index (κ3) is 3.47. The van der Waals surface area contributed by atoms with Gasteiger partial charge in [-0.2, -0.15) is 0 Å². The zero-order chi connectivity index (χ0) is 18.8. The van der Waals surface area contributed by atoms with Crippen LogP contribution < -0.4 is 0 Å². The smallest absolute Gasteiger partial charge is 0.325 e. The zero-order valence-electron chi connectivity index (χ0n) is 15.1. The predicted molar refractivity (Wildman–Crippen MR) is 102 cm³/mol. The second-order valence-corrected chi connectivity index (χ2v) is 6.76. The van der Waals surface area contributed by atoms with Gasteiger partial charge >= 0.3 is 5.97 Å².